The predicted molar refractivity (Wildman–Crippen MR) is 206 cm³/mol. The Labute approximate surface area is 301 Å². The van der Waals surface area contributed by atoms with Gasteiger partial charge in [0.15, 0.2) is 8.32 Å². The maximum Gasteiger partial charge on any atom is 0.336 e. The zero-order valence-corrected chi connectivity index (χ0v) is 35.9. The van der Waals surface area contributed by atoms with Crippen LogP contribution in [0.5, 0.6) is 0 Å². The van der Waals surface area contributed by atoms with E-state index in [1.807, 2.05) is 6.08 Å². The lowest BCUT2D eigenvalue weighted by Crippen LogP contribution is -2.52. The van der Waals surface area contributed by atoms with Crippen LogP contribution >= 0.6 is 0 Å². The maximum atomic E-state index is 13.0. The third-order valence-electron chi connectivity index (χ3n) is 12.2. The van der Waals surface area contributed by atoms with Crippen LogP contribution in [0.15, 0.2) is 34.9 Å². The van der Waals surface area contributed by atoms with Crippen molar-refractivity contribution in [3.63, 3.8) is 0 Å². The largest absolute Gasteiger partial charge is 0.466 e. The highest BCUT2D eigenvalue weighted by Gasteiger charge is 2.57. The van der Waals surface area contributed by atoms with E-state index >= 15 is 0 Å². The number of hydrogen-bond acceptors (Lipinski definition) is 7. The number of aliphatic hydroxyl groups excluding tert-OH is 1. The van der Waals surface area contributed by atoms with Crippen LogP contribution in [0, 0.1) is 29.6 Å². The third-order valence-corrected chi connectivity index (χ3v) is 22.9. The van der Waals surface area contributed by atoms with Gasteiger partial charge in [-0.2, -0.15) is 0 Å². The minimum absolute atomic E-state index is 0.00388. The van der Waals surface area contributed by atoms with E-state index in [1.165, 1.54) is 25.2 Å². The Morgan fingerprint density at radius 3 is 2.08 bits per heavy atom. The molecule has 0 amide bonds. The summed E-state index contributed by atoms with van der Waals surface area (Å²) in [6.45, 7) is 33.6. The van der Waals surface area contributed by atoms with Gasteiger partial charge in [-0.15, -0.1) is 0 Å². The summed E-state index contributed by atoms with van der Waals surface area (Å²) in [5.74, 6) is -1.34. The van der Waals surface area contributed by atoms with Crippen LogP contribution in [-0.2, 0) is 27.9 Å². The SMILES string of the molecule is COC(=O)/C(=C/[C@@H]1[C@H]2[C@@H](O)[C@@H](C)[C@H](O[Si](C(C)C)(C(C)C)C(C)C)[C@@H]2C=C(C)[C@@H]1C/C=C(\C)CCCO[Si](C)(C)C(C)(C)C)COC(C)=O. The zero-order chi connectivity index (χ0) is 37.6. The lowest BCUT2D eigenvalue weighted by atomic mass is 9.66. The molecule has 0 aromatic carbocycles. The number of aliphatic hydroxyl groups is 1. The fraction of sp³-hybridized carbons (Fsp3) is 0.800. The van der Waals surface area contributed by atoms with Crippen molar-refractivity contribution in [1.82, 2.24) is 0 Å². The van der Waals surface area contributed by atoms with Crippen LogP contribution in [0.3, 0.4) is 0 Å². The molecule has 0 aromatic rings. The molecule has 2 aliphatic rings. The second kappa shape index (κ2) is 17.8. The fourth-order valence-corrected chi connectivity index (χ4v) is 15.2. The van der Waals surface area contributed by atoms with Crippen LogP contribution in [0.2, 0.25) is 34.8 Å². The first-order valence-corrected chi connectivity index (χ1v) is 23.8. The topological polar surface area (TPSA) is 91.3 Å². The Kier molecular flexibility index (Phi) is 15.9. The second-order valence-corrected chi connectivity index (χ2v) is 27.7. The number of esters is 2. The Balaban J connectivity index is 2.54. The highest BCUT2D eigenvalue weighted by Crippen LogP contribution is 2.55. The van der Waals surface area contributed by atoms with Crippen molar-refractivity contribution in [3.8, 4) is 0 Å². The lowest BCUT2D eigenvalue weighted by Gasteiger charge is -2.47. The second-order valence-electron chi connectivity index (χ2n) is 17.5. The van der Waals surface area contributed by atoms with Gasteiger partial charge in [0.25, 0.3) is 0 Å². The van der Waals surface area contributed by atoms with E-state index in [0.29, 0.717) is 22.2 Å². The molecule has 282 valence electrons. The van der Waals surface area contributed by atoms with Gasteiger partial charge in [-0.05, 0) is 79.7 Å². The zero-order valence-electron chi connectivity index (χ0n) is 33.9. The van der Waals surface area contributed by atoms with E-state index in [9.17, 15) is 14.7 Å². The number of ether oxygens (including phenoxy) is 2. The van der Waals surface area contributed by atoms with Gasteiger partial charge in [-0.1, -0.05) is 98.6 Å². The first-order chi connectivity index (χ1) is 22.5. The Morgan fingerprint density at radius 2 is 1.59 bits per heavy atom. The van der Waals surface area contributed by atoms with Crippen LogP contribution in [0.4, 0.5) is 0 Å². The number of allylic oxidation sites excluding steroid dienone is 4. The Hall–Kier alpha value is -1.53. The summed E-state index contributed by atoms with van der Waals surface area (Å²) >= 11 is 0. The minimum atomic E-state index is -2.26. The normalized spacial score (nSPS) is 27.1. The fourth-order valence-electron chi connectivity index (χ4n) is 8.47. The van der Waals surface area contributed by atoms with Gasteiger partial charge in [-0.3, -0.25) is 4.79 Å². The molecule has 0 aromatic heterocycles. The monoisotopic (exact) mass is 720 g/mol. The molecule has 49 heavy (non-hydrogen) atoms. The molecule has 2 rings (SSSR count). The molecule has 0 radical (unpaired) electrons. The summed E-state index contributed by atoms with van der Waals surface area (Å²) in [6.07, 6.45) is 8.60. The Morgan fingerprint density at radius 1 is 1.02 bits per heavy atom. The van der Waals surface area contributed by atoms with E-state index in [2.05, 4.69) is 108 Å². The molecule has 7 nitrogen and oxygen atoms in total. The van der Waals surface area contributed by atoms with Gasteiger partial charge >= 0.3 is 11.9 Å². The van der Waals surface area contributed by atoms with Crippen molar-refractivity contribution in [3.05, 3.63) is 34.9 Å². The van der Waals surface area contributed by atoms with Crippen molar-refractivity contribution < 1.29 is 33.0 Å². The standard InChI is InChI=1S/C40H72O7Si2/c1-25(2)49(26(3)4,27(5)6)47-38-30(9)37(42)36-34(23-32(39(43)44-14)24-45-31(10)41)33(29(8)22-35(36)38)20-19-28(7)18-17-21-46-48(15,16)40(11,12)13/h19,22-23,25-27,30,33-38,42H,17-18,20-21,24H2,1-16H3/b28-19+,32-23+/t30-,33+,34+,35-,36-,37+,38+/m1/s1. The molecule has 0 bridgehead atoms. The van der Waals surface area contributed by atoms with Gasteiger partial charge < -0.3 is 23.4 Å². The van der Waals surface area contributed by atoms with Gasteiger partial charge in [0.1, 0.15) is 6.61 Å². The molecule has 0 unspecified atom stereocenters. The van der Waals surface area contributed by atoms with Gasteiger partial charge in [0.05, 0.1) is 24.9 Å². The van der Waals surface area contributed by atoms with Gasteiger partial charge in [0, 0.05) is 31.3 Å². The summed E-state index contributed by atoms with van der Waals surface area (Å²) in [5, 5.41) is 12.3. The summed E-state index contributed by atoms with van der Waals surface area (Å²) < 4.78 is 24.4. The summed E-state index contributed by atoms with van der Waals surface area (Å²) in [4.78, 5) is 24.8. The Bertz CT molecular complexity index is 1190. The van der Waals surface area contributed by atoms with Crippen LogP contribution in [0.1, 0.15) is 109 Å². The lowest BCUT2D eigenvalue weighted by molar-refractivity contribution is -0.142. The molecular weight excluding hydrogens is 649 g/mol. The van der Waals surface area contributed by atoms with Crippen molar-refractivity contribution in [2.75, 3.05) is 20.3 Å². The van der Waals surface area contributed by atoms with E-state index < -0.39 is 34.7 Å². The molecule has 0 heterocycles. The highest BCUT2D eigenvalue weighted by atomic mass is 28.4. The summed E-state index contributed by atoms with van der Waals surface area (Å²) in [6, 6.07) is 0. The van der Waals surface area contributed by atoms with Gasteiger partial charge in [0.2, 0.25) is 8.32 Å². The third kappa shape index (κ3) is 10.3. The minimum Gasteiger partial charge on any atom is -0.466 e. The van der Waals surface area contributed by atoms with E-state index in [-0.39, 0.29) is 47.3 Å². The average molecular weight is 721 g/mol. The van der Waals surface area contributed by atoms with Crippen molar-refractivity contribution in [2.45, 2.75) is 156 Å². The number of methoxy groups -OCH3 is 1. The maximum absolute atomic E-state index is 13.0. The number of carbonyl (C=O) groups excluding carboxylic acids is 2. The summed E-state index contributed by atoms with van der Waals surface area (Å²) in [7, 11) is -2.69. The number of hydrogen-bond donors (Lipinski definition) is 1. The van der Waals surface area contributed by atoms with Crippen LogP contribution in [-0.4, -0.2) is 66.2 Å². The number of rotatable bonds is 16. The molecular formula is C40H72O7Si2. The molecule has 1 fully saturated rings. The van der Waals surface area contributed by atoms with E-state index in [0.717, 1.165) is 25.9 Å². The summed E-state index contributed by atoms with van der Waals surface area (Å²) in [5.41, 5.74) is 4.12. The molecule has 9 heteroatoms. The molecule has 0 saturated heterocycles. The number of fused-ring (bicyclic) bond motifs is 1. The van der Waals surface area contributed by atoms with E-state index in [1.54, 1.807) is 0 Å². The van der Waals surface area contributed by atoms with Gasteiger partial charge in [-0.25, -0.2) is 4.79 Å². The number of carbonyl (C=O) groups is 2. The molecule has 1 saturated carbocycles. The van der Waals surface area contributed by atoms with Crippen LogP contribution < -0.4 is 0 Å². The molecule has 7 atom stereocenters. The smallest absolute Gasteiger partial charge is 0.336 e. The predicted octanol–water partition coefficient (Wildman–Crippen LogP) is 9.78. The highest BCUT2D eigenvalue weighted by molar-refractivity contribution is 6.77. The molecule has 1 N–H and O–H groups in total. The van der Waals surface area contributed by atoms with Crippen molar-refractivity contribution in [1.29, 1.82) is 0 Å². The average Bonchev–Trinajstić information content (AvgIpc) is 3.21. The van der Waals surface area contributed by atoms with Crippen LogP contribution in [0.25, 0.3) is 0 Å². The molecule has 0 aliphatic heterocycles. The van der Waals surface area contributed by atoms with Crippen molar-refractivity contribution in [2.24, 2.45) is 29.6 Å². The quantitative estimate of drug-likeness (QED) is 0.0558. The van der Waals surface area contributed by atoms with Crippen molar-refractivity contribution >= 4 is 28.6 Å². The van der Waals surface area contributed by atoms with E-state index in [4.69, 9.17) is 18.3 Å². The molecule has 2 aliphatic carbocycles. The molecule has 0 spiro atoms. The first-order valence-electron chi connectivity index (χ1n) is 18.8. The first kappa shape index (κ1) is 43.6.